The van der Waals surface area contributed by atoms with Crippen LogP contribution in [0.2, 0.25) is 0 Å². The van der Waals surface area contributed by atoms with Crippen LogP contribution in [0.25, 0.3) is 0 Å². The van der Waals surface area contributed by atoms with Gasteiger partial charge < -0.3 is 19.7 Å². The van der Waals surface area contributed by atoms with Crippen LogP contribution in [-0.4, -0.2) is 31.0 Å². The Hall–Kier alpha value is -0.980. The fraction of sp³-hybridized carbons (Fsp3) is 0.857. The lowest BCUT2D eigenvalue weighted by atomic mass is 9.78. The molecule has 2 N–H and O–H groups in total. The van der Waals surface area contributed by atoms with Crippen LogP contribution in [0.5, 0.6) is 0 Å². The fourth-order valence-corrected chi connectivity index (χ4v) is 2.92. The molecule has 1 fully saturated rings. The first-order valence-electron chi connectivity index (χ1n) is 7.25. The zero-order chi connectivity index (χ0) is 14.6. The van der Waals surface area contributed by atoms with E-state index in [1.165, 1.54) is 6.42 Å². The van der Waals surface area contributed by atoms with Gasteiger partial charge in [0.05, 0.1) is 6.04 Å². The lowest BCUT2D eigenvalue weighted by Gasteiger charge is -2.36. The number of aromatic nitrogens is 2. The molecule has 6 heteroatoms. The van der Waals surface area contributed by atoms with Crippen LogP contribution in [0.4, 0.5) is 0 Å². The third-order valence-corrected chi connectivity index (χ3v) is 4.15. The molecule has 20 heavy (non-hydrogen) atoms. The number of hydrogen-bond donors (Lipinski definition) is 1. The Morgan fingerprint density at radius 1 is 1.50 bits per heavy atom. The summed E-state index contributed by atoms with van der Waals surface area (Å²) in [4.78, 5) is 4.48. The number of nitrogens with zero attached hydrogens (tertiary/aromatic N) is 2. The molecule has 0 amide bonds. The first-order valence-corrected chi connectivity index (χ1v) is 7.25. The van der Waals surface area contributed by atoms with Crippen LogP contribution >= 0.6 is 0 Å². The van der Waals surface area contributed by atoms with E-state index in [1.807, 2.05) is 0 Å². The van der Waals surface area contributed by atoms with Crippen molar-refractivity contribution < 1.29 is 14.0 Å². The Kier molecular flexibility index (Phi) is 5.12. The van der Waals surface area contributed by atoms with Gasteiger partial charge in [-0.25, -0.2) is 0 Å². The van der Waals surface area contributed by atoms with Gasteiger partial charge in [-0.2, -0.15) is 4.98 Å². The Labute approximate surface area is 120 Å². The van der Waals surface area contributed by atoms with E-state index in [1.54, 1.807) is 14.2 Å². The molecule has 3 atom stereocenters. The molecule has 1 aromatic heterocycles. The Balaban J connectivity index is 2.13. The summed E-state index contributed by atoms with van der Waals surface area (Å²) < 4.78 is 16.1. The largest absolute Gasteiger partial charge is 0.385 e. The average molecular weight is 283 g/mol. The molecule has 1 aliphatic carbocycles. The van der Waals surface area contributed by atoms with Crippen molar-refractivity contribution in [3.05, 3.63) is 11.7 Å². The van der Waals surface area contributed by atoms with Crippen molar-refractivity contribution in [1.29, 1.82) is 0 Å². The molecule has 0 aromatic carbocycles. The van der Waals surface area contributed by atoms with Crippen molar-refractivity contribution in [2.75, 3.05) is 20.8 Å². The summed E-state index contributed by atoms with van der Waals surface area (Å²) >= 11 is 0. The van der Waals surface area contributed by atoms with Gasteiger partial charge in [-0.15, -0.1) is 0 Å². The normalized spacial score (nSPS) is 28.5. The van der Waals surface area contributed by atoms with E-state index in [2.05, 4.69) is 17.1 Å². The predicted octanol–water partition coefficient (Wildman–Crippen LogP) is 2.16. The molecular formula is C14H25N3O3. The number of ether oxygens (including phenoxy) is 2. The van der Waals surface area contributed by atoms with Crippen LogP contribution in [0, 0.1) is 5.92 Å². The summed E-state index contributed by atoms with van der Waals surface area (Å²) in [5.41, 5.74) is 5.60. The number of nitrogens with two attached hydrogens (primary N) is 1. The lowest BCUT2D eigenvalue weighted by molar-refractivity contribution is -0.0658. The minimum absolute atomic E-state index is 0.286. The molecule has 0 radical (unpaired) electrons. The second-order valence-electron chi connectivity index (χ2n) is 5.74. The van der Waals surface area contributed by atoms with Crippen molar-refractivity contribution in [3.8, 4) is 0 Å². The summed E-state index contributed by atoms with van der Waals surface area (Å²) in [5, 5.41) is 4.11. The standard InChI is InChI=1S/C14H25N3O3/c1-10-5-4-7-14(9-10,19-3)13-16-12(20-17-13)11(15)6-8-18-2/h10-11H,4-9,15H2,1-3H3. The molecule has 1 saturated carbocycles. The second kappa shape index (κ2) is 6.65. The van der Waals surface area contributed by atoms with E-state index < -0.39 is 5.60 Å². The molecule has 6 nitrogen and oxygen atoms in total. The SMILES string of the molecule is COCCC(N)c1nc(C2(OC)CCCC(C)C2)no1. The molecule has 114 valence electrons. The predicted molar refractivity (Wildman–Crippen MR) is 74.0 cm³/mol. The van der Waals surface area contributed by atoms with E-state index in [-0.39, 0.29) is 6.04 Å². The van der Waals surface area contributed by atoms with Crippen molar-refractivity contribution in [1.82, 2.24) is 10.1 Å². The maximum atomic E-state index is 6.02. The monoisotopic (exact) mass is 283 g/mol. The fourth-order valence-electron chi connectivity index (χ4n) is 2.92. The molecule has 0 saturated heterocycles. The highest BCUT2D eigenvalue weighted by Crippen LogP contribution is 2.41. The summed E-state index contributed by atoms with van der Waals surface area (Å²) in [6.07, 6.45) is 4.86. The van der Waals surface area contributed by atoms with E-state index in [9.17, 15) is 0 Å². The summed E-state index contributed by atoms with van der Waals surface area (Å²) in [7, 11) is 3.37. The third-order valence-electron chi connectivity index (χ3n) is 4.15. The molecule has 3 unspecified atom stereocenters. The molecular weight excluding hydrogens is 258 g/mol. The molecule has 1 heterocycles. The molecule has 1 aromatic rings. The van der Waals surface area contributed by atoms with Gasteiger partial charge in [-0.1, -0.05) is 18.5 Å². The van der Waals surface area contributed by atoms with E-state index in [0.717, 1.165) is 19.3 Å². The summed E-state index contributed by atoms with van der Waals surface area (Å²) in [6.45, 7) is 2.81. The molecule has 0 bridgehead atoms. The zero-order valence-electron chi connectivity index (χ0n) is 12.6. The summed E-state index contributed by atoms with van der Waals surface area (Å²) in [6, 6.07) is -0.286. The van der Waals surface area contributed by atoms with Gasteiger partial charge in [0.15, 0.2) is 0 Å². The highest BCUT2D eigenvalue weighted by molar-refractivity contribution is 5.05. The van der Waals surface area contributed by atoms with Gasteiger partial charge in [0, 0.05) is 20.8 Å². The lowest BCUT2D eigenvalue weighted by Crippen LogP contribution is -2.35. The van der Waals surface area contributed by atoms with E-state index >= 15 is 0 Å². The minimum atomic E-state index is -0.416. The van der Waals surface area contributed by atoms with Crippen molar-refractivity contribution in [2.24, 2.45) is 11.7 Å². The smallest absolute Gasteiger partial charge is 0.243 e. The Morgan fingerprint density at radius 3 is 2.95 bits per heavy atom. The topological polar surface area (TPSA) is 83.4 Å². The first kappa shape index (κ1) is 15.4. The molecule has 0 spiro atoms. The highest BCUT2D eigenvalue weighted by Gasteiger charge is 2.41. The van der Waals surface area contributed by atoms with Crippen LogP contribution < -0.4 is 5.73 Å². The van der Waals surface area contributed by atoms with Gasteiger partial charge in [0.1, 0.15) is 5.60 Å². The number of hydrogen-bond acceptors (Lipinski definition) is 6. The van der Waals surface area contributed by atoms with Crippen LogP contribution in [0.1, 0.15) is 56.8 Å². The van der Waals surface area contributed by atoms with Crippen molar-refractivity contribution in [3.63, 3.8) is 0 Å². The van der Waals surface area contributed by atoms with E-state index in [0.29, 0.717) is 30.7 Å². The van der Waals surface area contributed by atoms with Gasteiger partial charge in [-0.05, 0) is 31.6 Å². The van der Waals surface area contributed by atoms with Crippen molar-refractivity contribution >= 4 is 0 Å². The minimum Gasteiger partial charge on any atom is -0.385 e. The van der Waals surface area contributed by atoms with Gasteiger partial charge in [-0.3, -0.25) is 0 Å². The van der Waals surface area contributed by atoms with Gasteiger partial charge in [0.2, 0.25) is 11.7 Å². The number of rotatable bonds is 6. The highest BCUT2D eigenvalue weighted by atomic mass is 16.5. The van der Waals surface area contributed by atoms with Crippen LogP contribution in [0.15, 0.2) is 4.52 Å². The molecule has 2 rings (SSSR count). The Morgan fingerprint density at radius 2 is 2.30 bits per heavy atom. The Bertz CT molecular complexity index is 424. The van der Waals surface area contributed by atoms with Crippen LogP contribution in [-0.2, 0) is 15.1 Å². The maximum Gasteiger partial charge on any atom is 0.243 e. The average Bonchev–Trinajstić information content (AvgIpc) is 2.95. The summed E-state index contributed by atoms with van der Waals surface area (Å²) in [5.74, 6) is 1.70. The van der Waals surface area contributed by atoms with Crippen LogP contribution in [0.3, 0.4) is 0 Å². The zero-order valence-corrected chi connectivity index (χ0v) is 12.6. The second-order valence-corrected chi connectivity index (χ2v) is 5.74. The van der Waals surface area contributed by atoms with Gasteiger partial charge >= 0.3 is 0 Å². The molecule has 1 aliphatic rings. The first-order chi connectivity index (χ1) is 9.61. The third kappa shape index (κ3) is 3.19. The molecule has 0 aliphatic heterocycles. The van der Waals surface area contributed by atoms with Gasteiger partial charge in [0.25, 0.3) is 0 Å². The number of methoxy groups -OCH3 is 2. The van der Waals surface area contributed by atoms with E-state index in [4.69, 9.17) is 19.7 Å². The van der Waals surface area contributed by atoms with Crippen molar-refractivity contribution in [2.45, 2.75) is 50.7 Å². The maximum absolute atomic E-state index is 6.02. The quantitative estimate of drug-likeness (QED) is 0.861.